The molecule has 0 radical (unpaired) electrons. The molecule has 1 fully saturated rings. The highest BCUT2D eigenvalue weighted by Crippen LogP contribution is 2.31. The largest absolute Gasteiger partial charge is 0.458 e. The molecule has 1 atom stereocenters. The number of aromatic nitrogens is 2. The number of benzene rings is 1. The average molecular weight is 428 g/mol. The smallest absolute Gasteiger partial charge is 0.354 e. The number of nitrogens with one attached hydrogen (secondary N) is 2. The Labute approximate surface area is 168 Å². The van der Waals surface area contributed by atoms with E-state index in [0.29, 0.717) is 12.8 Å². The van der Waals surface area contributed by atoms with E-state index in [1.54, 1.807) is 0 Å². The van der Waals surface area contributed by atoms with Crippen molar-refractivity contribution in [1.29, 1.82) is 5.41 Å². The van der Waals surface area contributed by atoms with Crippen LogP contribution in [0.15, 0.2) is 18.5 Å². The maximum Gasteiger partial charge on any atom is 0.354 e. The van der Waals surface area contributed by atoms with Gasteiger partial charge in [-0.1, -0.05) is 6.42 Å². The van der Waals surface area contributed by atoms with Gasteiger partial charge < -0.3 is 10.1 Å². The zero-order valence-electron chi connectivity index (χ0n) is 15.5. The summed E-state index contributed by atoms with van der Waals surface area (Å²) in [4.78, 5) is 19.9. The number of esters is 1. The van der Waals surface area contributed by atoms with Crippen LogP contribution in [0.4, 0.5) is 27.9 Å². The zero-order chi connectivity index (χ0) is 21.8. The second-order valence-corrected chi connectivity index (χ2v) is 6.71. The Morgan fingerprint density at radius 3 is 2.07 bits per heavy atom. The van der Waals surface area contributed by atoms with Crippen molar-refractivity contribution in [3.8, 4) is 0 Å². The number of carbonyl (C=O) groups is 1. The number of hydrogen-bond donors (Lipinski definition) is 2. The molecule has 160 valence electrons. The van der Waals surface area contributed by atoms with Gasteiger partial charge in [0.2, 0.25) is 11.8 Å². The molecular formula is C19H17F5N4O2. The Kier molecular flexibility index (Phi) is 6.58. The number of halogens is 5. The van der Waals surface area contributed by atoms with Gasteiger partial charge in [0.05, 0.1) is 5.56 Å². The zero-order valence-corrected chi connectivity index (χ0v) is 15.5. The van der Waals surface area contributed by atoms with E-state index in [9.17, 15) is 26.7 Å². The summed E-state index contributed by atoms with van der Waals surface area (Å²) in [6.07, 6.45) is 5.69. The van der Waals surface area contributed by atoms with Crippen molar-refractivity contribution in [3.05, 3.63) is 53.1 Å². The van der Waals surface area contributed by atoms with Gasteiger partial charge in [-0.15, -0.1) is 0 Å². The van der Waals surface area contributed by atoms with Gasteiger partial charge in [0.15, 0.2) is 23.3 Å². The van der Waals surface area contributed by atoms with E-state index in [1.807, 2.05) is 0 Å². The van der Waals surface area contributed by atoms with Crippen LogP contribution >= 0.6 is 0 Å². The summed E-state index contributed by atoms with van der Waals surface area (Å²) in [6, 6.07) is -0.658. The fourth-order valence-corrected chi connectivity index (χ4v) is 3.18. The lowest BCUT2D eigenvalue weighted by Gasteiger charge is -2.25. The molecule has 2 N–H and O–H groups in total. The van der Waals surface area contributed by atoms with Gasteiger partial charge in [0.25, 0.3) is 0 Å². The van der Waals surface area contributed by atoms with Gasteiger partial charge in [0, 0.05) is 12.4 Å². The monoisotopic (exact) mass is 428 g/mol. The molecule has 0 bridgehead atoms. The summed E-state index contributed by atoms with van der Waals surface area (Å²) in [6.45, 7) is 0. The third-order valence-corrected chi connectivity index (χ3v) is 4.71. The Balaban J connectivity index is 1.99. The van der Waals surface area contributed by atoms with Crippen LogP contribution in [0.1, 0.15) is 43.7 Å². The Hall–Kier alpha value is -3.11. The second kappa shape index (κ2) is 9.14. The number of hydrogen-bond acceptors (Lipinski definition) is 6. The summed E-state index contributed by atoms with van der Waals surface area (Å²) in [5, 5.41) is 10.4. The van der Waals surface area contributed by atoms with Gasteiger partial charge in [-0.25, -0.2) is 36.7 Å². The van der Waals surface area contributed by atoms with Gasteiger partial charge >= 0.3 is 5.97 Å². The molecule has 1 aliphatic rings. The molecule has 1 aromatic heterocycles. The average Bonchev–Trinajstić information content (AvgIpc) is 2.76. The van der Waals surface area contributed by atoms with E-state index in [4.69, 9.17) is 10.1 Å². The molecule has 1 aliphatic carbocycles. The SMILES string of the molecule is N=C(C(=O)OC1CCCCC1)C(Nc1ncccn1)c1c(F)c(F)c(F)c(F)c1F. The molecule has 6 nitrogen and oxygen atoms in total. The summed E-state index contributed by atoms with van der Waals surface area (Å²) in [5.41, 5.74) is -2.44. The molecule has 30 heavy (non-hydrogen) atoms. The lowest BCUT2D eigenvalue weighted by molar-refractivity contribution is -0.142. The lowest BCUT2D eigenvalue weighted by Crippen LogP contribution is -2.34. The molecule has 0 spiro atoms. The van der Waals surface area contributed by atoms with Gasteiger partial charge in [-0.3, -0.25) is 5.41 Å². The van der Waals surface area contributed by atoms with Crippen molar-refractivity contribution < 1.29 is 31.5 Å². The minimum atomic E-state index is -2.35. The molecule has 1 aromatic carbocycles. The fourth-order valence-electron chi connectivity index (χ4n) is 3.18. The first-order chi connectivity index (χ1) is 14.3. The first-order valence-corrected chi connectivity index (χ1v) is 9.15. The van der Waals surface area contributed by atoms with Gasteiger partial charge in [0.1, 0.15) is 17.9 Å². The number of carbonyl (C=O) groups excluding carboxylic acids is 1. The Bertz CT molecular complexity index is 923. The van der Waals surface area contributed by atoms with Crippen LogP contribution in [0.25, 0.3) is 0 Å². The van der Waals surface area contributed by atoms with Crippen LogP contribution in [0.5, 0.6) is 0 Å². The third-order valence-electron chi connectivity index (χ3n) is 4.71. The van der Waals surface area contributed by atoms with Crippen LogP contribution in [0.2, 0.25) is 0 Å². The van der Waals surface area contributed by atoms with Gasteiger partial charge in [-0.2, -0.15) is 0 Å². The van der Waals surface area contributed by atoms with Crippen molar-refractivity contribution >= 4 is 17.6 Å². The summed E-state index contributed by atoms with van der Waals surface area (Å²) in [5.74, 6) is -12.6. The highest BCUT2D eigenvalue weighted by Gasteiger charge is 2.36. The first kappa shape index (κ1) is 21.6. The highest BCUT2D eigenvalue weighted by atomic mass is 19.2. The third kappa shape index (κ3) is 4.39. The molecule has 11 heteroatoms. The molecule has 1 saturated carbocycles. The van der Waals surface area contributed by atoms with E-state index in [-0.39, 0.29) is 5.95 Å². The van der Waals surface area contributed by atoms with Crippen LogP contribution in [0, 0.1) is 34.5 Å². The number of anilines is 1. The van der Waals surface area contributed by atoms with E-state index < -0.39 is 58.5 Å². The molecule has 0 saturated heterocycles. The van der Waals surface area contributed by atoms with E-state index in [0.717, 1.165) is 19.3 Å². The molecule has 0 amide bonds. The van der Waals surface area contributed by atoms with Crippen LogP contribution in [-0.4, -0.2) is 27.8 Å². The molecule has 3 rings (SSSR count). The van der Waals surface area contributed by atoms with Crippen LogP contribution in [-0.2, 0) is 9.53 Å². The highest BCUT2D eigenvalue weighted by molar-refractivity contribution is 6.37. The van der Waals surface area contributed by atoms with Crippen molar-refractivity contribution in [2.75, 3.05) is 5.32 Å². The van der Waals surface area contributed by atoms with Crippen LogP contribution in [0.3, 0.4) is 0 Å². The molecule has 1 unspecified atom stereocenters. The van der Waals surface area contributed by atoms with Gasteiger partial charge in [-0.05, 0) is 31.7 Å². The second-order valence-electron chi connectivity index (χ2n) is 6.71. The maximum atomic E-state index is 14.4. The summed E-state index contributed by atoms with van der Waals surface area (Å²) in [7, 11) is 0. The van der Waals surface area contributed by atoms with Crippen molar-refractivity contribution in [2.45, 2.75) is 44.2 Å². The number of nitrogens with zero attached hydrogens (tertiary/aromatic N) is 2. The molecule has 2 aromatic rings. The lowest BCUT2D eigenvalue weighted by atomic mass is 9.97. The minimum Gasteiger partial charge on any atom is -0.458 e. The Morgan fingerprint density at radius 2 is 1.50 bits per heavy atom. The van der Waals surface area contributed by atoms with Crippen molar-refractivity contribution in [3.63, 3.8) is 0 Å². The minimum absolute atomic E-state index is 0.290. The number of ether oxygens (including phenoxy) is 1. The fraction of sp³-hybridized carbons (Fsp3) is 0.368. The standard InChI is InChI=1S/C19H17F5N4O2/c20-11-10(12(21)14(23)15(24)13(11)22)17(28-19-26-7-4-8-27-19)16(25)18(29)30-9-5-2-1-3-6-9/h4,7-9,17,25H,1-3,5-6H2,(H,26,27,28). The quantitative estimate of drug-likeness (QED) is 0.237. The normalized spacial score (nSPS) is 15.5. The van der Waals surface area contributed by atoms with Crippen molar-refractivity contribution in [2.24, 2.45) is 0 Å². The topological polar surface area (TPSA) is 88.0 Å². The predicted octanol–water partition coefficient (Wildman–Crippen LogP) is 4.22. The number of rotatable bonds is 6. The van der Waals surface area contributed by atoms with E-state index in [2.05, 4.69) is 15.3 Å². The molecular weight excluding hydrogens is 411 g/mol. The van der Waals surface area contributed by atoms with E-state index in [1.165, 1.54) is 18.5 Å². The summed E-state index contributed by atoms with van der Waals surface area (Å²) >= 11 is 0. The first-order valence-electron chi connectivity index (χ1n) is 9.15. The van der Waals surface area contributed by atoms with Crippen LogP contribution < -0.4 is 5.32 Å². The Morgan fingerprint density at radius 1 is 0.967 bits per heavy atom. The predicted molar refractivity (Wildman–Crippen MR) is 95.3 cm³/mol. The molecule has 0 aliphatic heterocycles. The van der Waals surface area contributed by atoms with E-state index >= 15 is 0 Å². The molecule has 1 heterocycles. The van der Waals surface area contributed by atoms with Crippen molar-refractivity contribution in [1.82, 2.24) is 9.97 Å². The maximum absolute atomic E-state index is 14.4. The summed E-state index contributed by atoms with van der Waals surface area (Å²) < 4.78 is 74.9.